The lowest BCUT2D eigenvalue weighted by Crippen LogP contribution is -2.06. The maximum atomic E-state index is 14.1. The summed E-state index contributed by atoms with van der Waals surface area (Å²) in [5, 5.41) is 17.1. The highest BCUT2D eigenvalue weighted by atomic mass is 79.9. The Morgan fingerprint density at radius 3 is 2.37 bits per heavy atom. The normalized spacial score (nSPS) is 10.3. The highest BCUT2D eigenvalue weighted by Crippen LogP contribution is 2.34. The Kier molecular flexibility index (Phi) is 5.46. The molecule has 0 aliphatic heterocycles. The van der Waals surface area contributed by atoms with Crippen molar-refractivity contribution in [2.24, 2.45) is 0 Å². The number of ether oxygens (including phenoxy) is 1. The van der Waals surface area contributed by atoms with E-state index in [0.717, 1.165) is 6.33 Å². The molecule has 3 rings (SSSR count). The molecular formula is C17H13BrFN5O3. The van der Waals surface area contributed by atoms with E-state index in [1.54, 1.807) is 30.3 Å². The molecule has 0 amide bonds. The predicted molar refractivity (Wildman–Crippen MR) is 102 cm³/mol. The fraction of sp³-hybridized carbons (Fsp3) is 0.0588. The van der Waals surface area contributed by atoms with Crippen molar-refractivity contribution < 1.29 is 14.1 Å². The van der Waals surface area contributed by atoms with E-state index in [1.165, 1.54) is 19.2 Å². The van der Waals surface area contributed by atoms with Gasteiger partial charge in [-0.3, -0.25) is 10.1 Å². The van der Waals surface area contributed by atoms with Gasteiger partial charge in [-0.1, -0.05) is 15.9 Å². The van der Waals surface area contributed by atoms with Crippen molar-refractivity contribution in [3.05, 3.63) is 69.2 Å². The third kappa shape index (κ3) is 4.29. The fourth-order valence-corrected chi connectivity index (χ4v) is 2.60. The van der Waals surface area contributed by atoms with E-state index in [-0.39, 0.29) is 17.3 Å². The molecule has 0 saturated carbocycles. The lowest BCUT2D eigenvalue weighted by atomic mass is 10.3. The SMILES string of the molecule is COc1ccc(Nc2ncnc(Nc3ccc(Br)cc3F)c2[N+](=O)[O-])cc1. The summed E-state index contributed by atoms with van der Waals surface area (Å²) in [6.07, 6.45) is 1.15. The Bertz CT molecular complexity index is 985. The molecule has 0 unspecified atom stereocenters. The van der Waals surface area contributed by atoms with Gasteiger partial charge in [0.05, 0.1) is 17.7 Å². The molecular weight excluding hydrogens is 421 g/mol. The Balaban J connectivity index is 1.95. The number of nitro groups is 1. The smallest absolute Gasteiger partial charge is 0.353 e. The first kappa shape index (κ1) is 18.5. The molecule has 1 aromatic heterocycles. The second-order valence-electron chi connectivity index (χ2n) is 5.28. The van der Waals surface area contributed by atoms with Gasteiger partial charge in [0.1, 0.15) is 17.9 Å². The number of hydrogen-bond acceptors (Lipinski definition) is 7. The Labute approximate surface area is 161 Å². The minimum absolute atomic E-state index is 0.0276. The number of halogens is 2. The van der Waals surface area contributed by atoms with Gasteiger partial charge in [0.2, 0.25) is 11.6 Å². The Morgan fingerprint density at radius 1 is 1.11 bits per heavy atom. The summed E-state index contributed by atoms with van der Waals surface area (Å²) in [6, 6.07) is 11.1. The third-order valence-electron chi connectivity index (χ3n) is 3.54. The molecule has 10 heteroatoms. The molecule has 3 aromatic rings. The summed E-state index contributed by atoms with van der Waals surface area (Å²) >= 11 is 3.16. The molecule has 8 nitrogen and oxygen atoms in total. The quantitative estimate of drug-likeness (QED) is 0.425. The van der Waals surface area contributed by atoms with Crippen LogP contribution in [0.1, 0.15) is 0 Å². The molecule has 0 spiro atoms. The molecule has 2 N–H and O–H groups in total. The number of methoxy groups -OCH3 is 1. The van der Waals surface area contributed by atoms with Crippen LogP contribution in [0, 0.1) is 15.9 Å². The number of rotatable bonds is 6. The van der Waals surface area contributed by atoms with Crippen LogP contribution in [0.25, 0.3) is 0 Å². The van der Waals surface area contributed by atoms with Crippen LogP contribution in [0.4, 0.5) is 33.1 Å². The predicted octanol–water partition coefficient (Wildman–Crippen LogP) is 4.78. The van der Waals surface area contributed by atoms with Crippen LogP contribution in [-0.4, -0.2) is 22.0 Å². The van der Waals surface area contributed by atoms with Crippen molar-refractivity contribution in [1.29, 1.82) is 0 Å². The first-order valence-corrected chi connectivity index (χ1v) is 8.40. The Hall–Kier alpha value is -3.27. The van der Waals surface area contributed by atoms with Crippen LogP contribution in [0.2, 0.25) is 0 Å². The van der Waals surface area contributed by atoms with Crippen LogP contribution in [0.5, 0.6) is 5.75 Å². The van der Waals surface area contributed by atoms with Crippen LogP contribution in [0.15, 0.2) is 53.3 Å². The van der Waals surface area contributed by atoms with Gasteiger partial charge in [0.25, 0.3) is 0 Å². The van der Waals surface area contributed by atoms with E-state index < -0.39 is 16.4 Å². The van der Waals surface area contributed by atoms with Gasteiger partial charge in [-0.25, -0.2) is 14.4 Å². The van der Waals surface area contributed by atoms with E-state index in [2.05, 4.69) is 36.5 Å². The molecule has 27 heavy (non-hydrogen) atoms. The lowest BCUT2D eigenvalue weighted by molar-refractivity contribution is -0.383. The lowest BCUT2D eigenvalue weighted by Gasteiger charge is -2.11. The van der Waals surface area contributed by atoms with E-state index >= 15 is 0 Å². The number of hydrogen-bond donors (Lipinski definition) is 2. The highest BCUT2D eigenvalue weighted by molar-refractivity contribution is 9.10. The van der Waals surface area contributed by atoms with Gasteiger partial charge in [-0.15, -0.1) is 0 Å². The summed E-state index contributed by atoms with van der Waals surface area (Å²) in [6.45, 7) is 0. The molecule has 0 aliphatic carbocycles. The van der Waals surface area contributed by atoms with Crippen LogP contribution < -0.4 is 15.4 Å². The van der Waals surface area contributed by atoms with Crippen molar-refractivity contribution in [3.8, 4) is 5.75 Å². The zero-order chi connectivity index (χ0) is 19.4. The topological polar surface area (TPSA) is 102 Å². The van der Waals surface area contributed by atoms with Crippen molar-refractivity contribution >= 4 is 44.6 Å². The summed E-state index contributed by atoms with van der Waals surface area (Å²) in [7, 11) is 1.54. The van der Waals surface area contributed by atoms with Gasteiger partial charge in [-0.05, 0) is 42.5 Å². The van der Waals surface area contributed by atoms with E-state index in [9.17, 15) is 14.5 Å². The maximum absolute atomic E-state index is 14.1. The number of nitrogens with zero attached hydrogens (tertiary/aromatic N) is 3. The van der Waals surface area contributed by atoms with Gasteiger partial charge >= 0.3 is 5.69 Å². The average molecular weight is 434 g/mol. The zero-order valence-electron chi connectivity index (χ0n) is 13.9. The average Bonchev–Trinajstić information content (AvgIpc) is 2.64. The van der Waals surface area contributed by atoms with Crippen LogP contribution in [-0.2, 0) is 0 Å². The fourth-order valence-electron chi connectivity index (χ4n) is 2.26. The molecule has 1 heterocycles. The number of nitrogens with one attached hydrogen (secondary N) is 2. The molecule has 0 atom stereocenters. The number of benzene rings is 2. The minimum Gasteiger partial charge on any atom is -0.497 e. The second kappa shape index (κ2) is 7.96. The standard InChI is InChI=1S/C17H13BrFN5O3/c1-27-12-5-3-11(4-6-12)22-16-15(24(25)26)17(21-9-20-16)23-14-7-2-10(18)8-13(14)19/h2-9H,1H3,(H2,20,21,22,23). The summed E-state index contributed by atoms with van der Waals surface area (Å²) < 4.78 is 19.7. The monoisotopic (exact) mass is 433 g/mol. The Morgan fingerprint density at radius 2 is 1.78 bits per heavy atom. The molecule has 0 fully saturated rings. The van der Waals surface area contributed by atoms with Crippen LogP contribution in [0.3, 0.4) is 0 Å². The van der Waals surface area contributed by atoms with Gasteiger partial charge in [0, 0.05) is 10.2 Å². The zero-order valence-corrected chi connectivity index (χ0v) is 15.5. The minimum atomic E-state index is -0.634. The van der Waals surface area contributed by atoms with Gasteiger partial charge in [0.15, 0.2) is 0 Å². The van der Waals surface area contributed by atoms with Crippen molar-refractivity contribution in [2.45, 2.75) is 0 Å². The molecule has 0 aliphatic rings. The number of aromatic nitrogens is 2. The second-order valence-corrected chi connectivity index (χ2v) is 6.19. The van der Waals surface area contributed by atoms with E-state index in [4.69, 9.17) is 4.74 Å². The van der Waals surface area contributed by atoms with Gasteiger partial charge < -0.3 is 15.4 Å². The van der Waals surface area contributed by atoms with Crippen molar-refractivity contribution in [3.63, 3.8) is 0 Å². The summed E-state index contributed by atoms with van der Waals surface area (Å²) in [4.78, 5) is 18.8. The van der Waals surface area contributed by atoms with Crippen molar-refractivity contribution in [1.82, 2.24) is 9.97 Å². The van der Waals surface area contributed by atoms with Gasteiger partial charge in [-0.2, -0.15) is 0 Å². The first-order valence-electron chi connectivity index (χ1n) is 7.60. The summed E-state index contributed by atoms with van der Waals surface area (Å²) in [5.74, 6) is -0.0971. The largest absolute Gasteiger partial charge is 0.497 e. The maximum Gasteiger partial charge on any atom is 0.353 e. The van der Waals surface area contributed by atoms with E-state index in [1.807, 2.05) is 0 Å². The van der Waals surface area contributed by atoms with Crippen molar-refractivity contribution in [2.75, 3.05) is 17.7 Å². The molecule has 0 saturated heterocycles. The van der Waals surface area contributed by atoms with Crippen LogP contribution >= 0.6 is 15.9 Å². The van der Waals surface area contributed by atoms with E-state index in [0.29, 0.717) is 15.9 Å². The number of anilines is 4. The third-order valence-corrected chi connectivity index (χ3v) is 4.04. The molecule has 2 aromatic carbocycles. The first-order chi connectivity index (χ1) is 13.0. The summed E-state index contributed by atoms with van der Waals surface area (Å²) in [5.41, 5.74) is 0.212. The highest BCUT2D eigenvalue weighted by Gasteiger charge is 2.24. The molecule has 0 radical (unpaired) electrons. The molecule has 138 valence electrons. The molecule has 0 bridgehead atoms.